The Hall–Kier alpha value is 2.66. The van der Waals surface area contributed by atoms with Crippen LogP contribution in [0.3, 0.4) is 0 Å². The number of carboxylic acids is 2. The fraction of sp³-hybridized carbons (Fsp3) is 0.111. The van der Waals surface area contributed by atoms with Crippen LogP contribution >= 0.6 is 136 Å². The summed E-state index contributed by atoms with van der Waals surface area (Å²) < 4.78 is 8.03. The number of halogens is 6. The van der Waals surface area contributed by atoms with E-state index in [9.17, 15) is 29.4 Å². The van der Waals surface area contributed by atoms with Crippen molar-refractivity contribution in [2.45, 2.75) is 0 Å². The molecule has 2 aromatic rings. The predicted molar refractivity (Wildman–Crippen MR) is 166 cm³/mol. The second-order valence-electron chi connectivity index (χ2n) is 5.97. The van der Waals surface area contributed by atoms with Gasteiger partial charge in [0, 0.05) is 32.5 Å². The Labute approximate surface area is 326 Å². The largest absolute Gasteiger partial charge is 1.00 e. The van der Waals surface area contributed by atoms with Crippen molar-refractivity contribution in [3.63, 3.8) is 0 Å². The first-order chi connectivity index (χ1) is 15.3. The molecule has 0 aromatic heterocycles. The molecule has 0 saturated heterocycles. The normalized spacial score (nSPS) is 10.0. The number of amides is 2. The molecular weight excluding hydrogens is 1160 g/mol. The fourth-order valence-corrected chi connectivity index (χ4v) is 10.5. The number of aromatic carboxylic acids is 2. The molecule has 0 aliphatic rings. The van der Waals surface area contributed by atoms with Crippen LogP contribution in [-0.2, 0) is 14.3 Å². The molecule has 0 radical (unpaired) electrons. The summed E-state index contributed by atoms with van der Waals surface area (Å²) in [7, 11) is 0. The zero-order valence-electron chi connectivity index (χ0n) is 17.7. The smallest absolute Gasteiger partial charge is 0.545 e. The summed E-state index contributed by atoms with van der Waals surface area (Å²) >= 11 is 11.3. The Morgan fingerprint density at radius 3 is 1.26 bits per heavy atom. The van der Waals surface area contributed by atoms with E-state index in [1.807, 2.05) is 136 Å². The SMILES string of the molecule is O=C(COCC(=O)Nc1c(I)cc(I)c(C(=O)[O-])c1I)Nc1c(I)cc(I)c(C(=O)[O-])c1I.[Na+].[Na+]. The van der Waals surface area contributed by atoms with Crippen LogP contribution in [0, 0.1) is 21.4 Å². The van der Waals surface area contributed by atoms with Gasteiger partial charge in [0.25, 0.3) is 0 Å². The molecule has 17 heteroatoms. The molecule has 0 spiro atoms. The van der Waals surface area contributed by atoms with Crippen molar-refractivity contribution >= 4 is 171 Å². The molecular formula is C18H8I6N2Na2O7. The fourth-order valence-electron chi connectivity index (χ4n) is 2.37. The number of ether oxygens (including phenoxy) is 1. The van der Waals surface area contributed by atoms with Gasteiger partial charge in [-0.3, -0.25) is 9.59 Å². The van der Waals surface area contributed by atoms with E-state index in [1.54, 1.807) is 12.1 Å². The summed E-state index contributed by atoms with van der Waals surface area (Å²) in [4.78, 5) is 47.3. The van der Waals surface area contributed by atoms with Gasteiger partial charge in [0.15, 0.2) is 0 Å². The number of carbonyl (C=O) groups excluding carboxylic acids is 4. The number of carbonyl (C=O) groups is 4. The molecule has 2 rings (SSSR count). The zero-order valence-corrected chi connectivity index (χ0v) is 34.6. The average Bonchev–Trinajstić information content (AvgIpc) is 2.67. The van der Waals surface area contributed by atoms with Gasteiger partial charge in [0.05, 0.1) is 23.3 Å². The number of carboxylic acid groups (broad SMARTS) is 2. The molecule has 35 heavy (non-hydrogen) atoms. The molecule has 2 amide bonds. The van der Waals surface area contributed by atoms with E-state index >= 15 is 0 Å². The number of anilines is 2. The van der Waals surface area contributed by atoms with Gasteiger partial charge in [-0.2, -0.15) is 0 Å². The minimum atomic E-state index is -1.36. The van der Waals surface area contributed by atoms with Gasteiger partial charge < -0.3 is 35.2 Å². The van der Waals surface area contributed by atoms with E-state index in [-0.39, 0.29) is 70.2 Å². The topological polar surface area (TPSA) is 148 Å². The Morgan fingerprint density at radius 2 is 0.971 bits per heavy atom. The Balaban J connectivity index is 0.00000578. The van der Waals surface area contributed by atoms with Crippen LogP contribution in [0.2, 0.25) is 0 Å². The second kappa shape index (κ2) is 17.5. The van der Waals surface area contributed by atoms with Gasteiger partial charge in [-0.25, -0.2) is 0 Å². The van der Waals surface area contributed by atoms with Gasteiger partial charge in [-0.05, 0) is 148 Å². The number of hydrogen-bond donors (Lipinski definition) is 2. The van der Waals surface area contributed by atoms with Gasteiger partial charge in [-0.15, -0.1) is 0 Å². The molecule has 0 saturated carbocycles. The molecule has 0 unspecified atom stereocenters. The van der Waals surface area contributed by atoms with E-state index in [4.69, 9.17) is 4.74 Å². The average molecular weight is 1170 g/mol. The van der Waals surface area contributed by atoms with Crippen molar-refractivity contribution in [3.05, 3.63) is 44.7 Å². The van der Waals surface area contributed by atoms with Gasteiger partial charge >= 0.3 is 59.1 Å². The molecule has 0 atom stereocenters. The maximum absolute atomic E-state index is 12.3. The van der Waals surface area contributed by atoms with Crippen molar-refractivity contribution in [2.24, 2.45) is 0 Å². The maximum Gasteiger partial charge on any atom is 1.00 e. The first-order valence-electron chi connectivity index (χ1n) is 8.30. The summed E-state index contributed by atoms with van der Waals surface area (Å²) in [5.74, 6) is -3.88. The molecule has 2 N–H and O–H groups in total. The summed E-state index contributed by atoms with van der Waals surface area (Å²) in [5.41, 5.74) is 0.577. The van der Waals surface area contributed by atoms with E-state index in [0.717, 1.165) is 0 Å². The monoisotopic (exact) mass is 1170 g/mol. The number of rotatable bonds is 8. The molecule has 9 nitrogen and oxygen atoms in total. The molecule has 0 bridgehead atoms. The van der Waals surface area contributed by atoms with E-state index in [1.165, 1.54) is 0 Å². The minimum absolute atomic E-state index is 0. The Bertz CT molecular complexity index is 1090. The van der Waals surface area contributed by atoms with Crippen LogP contribution in [0.4, 0.5) is 11.4 Å². The van der Waals surface area contributed by atoms with Crippen molar-refractivity contribution in [3.8, 4) is 0 Å². The van der Waals surface area contributed by atoms with Crippen molar-refractivity contribution in [1.82, 2.24) is 0 Å². The first kappa shape index (κ1) is 37.7. The van der Waals surface area contributed by atoms with Crippen molar-refractivity contribution in [2.75, 3.05) is 23.8 Å². The third-order valence-electron chi connectivity index (χ3n) is 3.74. The van der Waals surface area contributed by atoms with Gasteiger partial charge in [-0.1, -0.05) is 0 Å². The van der Waals surface area contributed by atoms with Crippen molar-refractivity contribution in [1.29, 1.82) is 0 Å². The standard InChI is InChI=1S/C18H10I6N2O7.2Na/c19-5-1-7(21)15(13(23)11(5)17(29)30)25-9(27)3-33-4-10(28)26-16-8(22)2-6(20)12(14(16)24)18(31)32;;/h1-2H,3-4H2,(H,25,27)(H,26,28)(H,29,30)(H,31,32);;/q;2*+1/p-2. The van der Waals surface area contributed by atoms with Crippen LogP contribution in [0.25, 0.3) is 0 Å². The Kier molecular flexibility index (Phi) is 18.8. The third-order valence-corrected chi connectivity index (χ3v) is 9.30. The number of benzene rings is 2. The quantitative estimate of drug-likeness (QED) is 0.208. The van der Waals surface area contributed by atoms with Crippen LogP contribution in [0.5, 0.6) is 0 Å². The number of hydrogen-bond acceptors (Lipinski definition) is 7. The molecule has 0 aliphatic carbocycles. The van der Waals surface area contributed by atoms with E-state index in [0.29, 0.717) is 32.8 Å². The molecule has 2 aromatic carbocycles. The van der Waals surface area contributed by atoms with Crippen LogP contribution in [0.15, 0.2) is 12.1 Å². The first-order valence-corrected chi connectivity index (χ1v) is 14.8. The van der Waals surface area contributed by atoms with Crippen LogP contribution in [-0.4, -0.2) is 37.0 Å². The summed E-state index contributed by atoms with van der Waals surface area (Å²) in [6.07, 6.45) is 0. The molecule has 0 heterocycles. The van der Waals surface area contributed by atoms with Crippen LogP contribution < -0.4 is 80.0 Å². The molecule has 0 fully saturated rings. The minimum Gasteiger partial charge on any atom is -0.545 e. The summed E-state index contributed by atoms with van der Waals surface area (Å²) in [6, 6.07) is 3.20. The third kappa shape index (κ3) is 10.5. The summed E-state index contributed by atoms with van der Waals surface area (Å²) in [6.45, 7) is -0.922. The van der Waals surface area contributed by atoms with Gasteiger partial charge in [0.2, 0.25) is 11.8 Å². The van der Waals surface area contributed by atoms with Crippen molar-refractivity contribution < 1.29 is 93.2 Å². The zero-order chi connectivity index (χ0) is 25.0. The van der Waals surface area contributed by atoms with Crippen LogP contribution in [0.1, 0.15) is 20.7 Å². The molecule has 0 aliphatic heterocycles. The second-order valence-corrected chi connectivity index (χ2v) is 12.8. The Morgan fingerprint density at radius 1 is 0.657 bits per heavy atom. The maximum atomic E-state index is 12.3. The molecule has 176 valence electrons. The van der Waals surface area contributed by atoms with E-state index in [2.05, 4.69) is 10.6 Å². The predicted octanol–water partition coefficient (Wildman–Crippen LogP) is -3.36. The van der Waals surface area contributed by atoms with E-state index < -0.39 is 37.0 Å². The number of nitrogens with one attached hydrogen (secondary N) is 2. The van der Waals surface area contributed by atoms with Gasteiger partial charge in [0.1, 0.15) is 13.2 Å². The summed E-state index contributed by atoms with van der Waals surface area (Å²) in [5, 5.41) is 27.9.